The number of ketones is 1. The number of fused-ring (bicyclic) bond motifs is 5. The topological polar surface area (TPSA) is 63.6 Å². The van der Waals surface area contributed by atoms with Gasteiger partial charge in [-0.05, 0) is 74.5 Å². The van der Waals surface area contributed by atoms with E-state index in [4.69, 9.17) is 4.74 Å². The van der Waals surface area contributed by atoms with E-state index in [0.29, 0.717) is 23.5 Å². The molecule has 3 saturated carbocycles. The van der Waals surface area contributed by atoms with E-state index in [1.165, 1.54) is 12.5 Å². The summed E-state index contributed by atoms with van der Waals surface area (Å²) < 4.78 is 5.96. The van der Waals surface area contributed by atoms with Gasteiger partial charge in [-0.25, -0.2) is 0 Å². The smallest absolute Gasteiger partial charge is 0.302 e. The van der Waals surface area contributed by atoms with Crippen molar-refractivity contribution >= 4 is 11.8 Å². The van der Waals surface area contributed by atoms with E-state index < -0.39 is 0 Å². The van der Waals surface area contributed by atoms with E-state index in [-0.39, 0.29) is 34.9 Å². The predicted octanol–water partition coefficient (Wildman–Crippen LogP) is 4.06. The number of hydrogen-bond acceptors (Lipinski definition) is 4. The molecule has 1 N–H and O–H groups in total. The SMILES string of the molecule is CC(=O)OC1C[C@@]2(C)C(CC[C@@H]2C(C)=O)[C@@H]2CC=C3C[C@@H](O)CC[C@]3(C)C12. The van der Waals surface area contributed by atoms with Crippen molar-refractivity contribution in [3.05, 3.63) is 11.6 Å². The Morgan fingerprint density at radius 3 is 2.59 bits per heavy atom. The van der Waals surface area contributed by atoms with Gasteiger partial charge in [-0.2, -0.15) is 0 Å². The van der Waals surface area contributed by atoms with Crippen LogP contribution in [0.1, 0.15) is 72.6 Å². The normalized spacial score (nSPS) is 48.7. The predicted molar refractivity (Wildman–Crippen MR) is 103 cm³/mol. The summed E-state index contributed by atoms with van der Waals surface area (Å²) in [6.45, 7) is 7.84. The summed E-state index contributed by atoms with van der Waals surface area (Å²) in [6, 6.07) is 0. The fourth-order valence-corrected chi connectivity index (χ4v) is 7.73. The van der Waals surface area contributed by atoms with Gasteiger partial charge in [0.1, 0.15) is 11.9 Å². The molecule has 0 bridgehead atoms. The van der Waals surface area contributed by atoms with Crippen LogP contribution >= 0.6 is 0 Å². The molecule has 0 aromatic heterocycles. The van der Waals surface area contributed by atoms with Crippen LogP contribution in [-0.2, 0) is 14.3 Å². The molecule has 4 nitrogen and oxygen atoms in total. The van der Waals surface area contributed by atoms with E-state index >= 15 is 0 Å². The molecule has 4 aliphatic rings. The molecule has 4 heteroatoms. The Balaban J connectivity index is 1.76. The van der Waals surface area contributed by atoms with E-state index in [0.717, 1.165) is 44.9 Å². The summed E-state index contributed by atoms with van der Waals surface area (Å²) in [6.07, 6.45) is 8.41. The number of Topliss-reactive ketones (excluding diaryl/α,β-unsaturated/α-hetero) is 1. The lowest BCUT2D eigenvalue weighted by Gasteiger charge is -2.60. The highest BCUT2D eigenvalue weighted by molar-refractivity contribution is 5.79. The Morgan fingerprint density at radius 1 is 1.19 bits per heavy atom. The molecule has 0 spiro atoms. The zero-order chi connectivity index (χ0) is 19.6. The molecule has 4 rings (SSSR count). The zero-order valence-corrected chi connectivity index (χ0v) is 17.2. The number of carbonyl (C=O) groups excluding carboxylic acids is 2. The molecule has 0 aliphatic heterocycles. The van der Waals surface area contributed by atoms with Crippen LogP contribution in [0.4, 0.5) is 0 Å². The molecular formula is C23H34O4. The Hall–Kier alpha value is -1.16. The molecule has 0 saturated heterocycles. The first-order valence-corrected chi connectivity index (χ1v) is 10.7. The third kappa shape index (κ3) is 2.82. The van der Waals surface area contributed by atoms with Crippen LogP contribution in [0.3, 0.4) is 0 Å². The molecule has 4 aliphatic carbocycles. The number of carbonyl (C=O) groups is 2. The van der Waals surface area contributed by atoms with Crippen molar-refractivity contribution in [2.45, 2.75) is 84.8 Å². The van der Waals surface area contributed by atoms with Crippen molar-refractivity contribution in [3.63, 3.8) is 0 Å². The Kier molecular flexibility index (Phi) is 4.57. The van der Waals surface area contributed by atoms with Crippen molar-refractivity contribution in [2.24, 2.45) is 34.5 Å². The third-order valence-corrected chi connectivity index (χ3v) is 8.80. The van der Waals surface area contributed by atoms with Crippen LogP contribution in [0, 0.1) is 34.5 Å². The molecule has 0 aromatic rings. The minimum Gasteiger partial charge on any atom is -0.462 e. The lowest BCUT2D eigenvalue weighted by atomic mass is 9.46. The first kappa shape index (κ1) is 19.2. The summed E-state index contributed by atoms with van der Waals surface area (Å²) >= 11 is 0. The van der Waals surface area contributed by atoms with Gasteiger partial charge in [0.25, 0.3) is 0 Å². The second-order valence-electron chi connectivity index (χ2n) is 10.2. The lowest BCUT2D eigenvalue weighted by molar-refractivity contribution is -0.174. The van der Waals surface area contributed by atoms with Gasteiger partial charge < -0.3 is 9.84 Å². The van der Waals surface area contributed by atoms with Crippen LogP contribution in [0.15, 0.2) is 11.6 Å². The number of allylic oxidation sites excluding steroid dienone is 1. The largest absolute Gasteiger partial charge is 0.462 e. The highest BCUT2D eigenvalue weighted by atomic mass is 16.5. The second kappa shape index (κ2) is 6.43. The number of hydrogen-bond donors (Lipinski definition) is 1. The lowest BCUT2D eigenvalue weighted by Crippen LogP contribution is -2.57. The van der Waals surface area contributed by atoms with Crippen LogP contribution < -0.4 is 0 Å². The molecule has 0 aromatic carbocycles. The van der Waals surface area contributed by atoms with E-state index in [9.17, 15) is 14.7 Å². The summed E-state index contributed by atoms with van der Waals surface area (Å²) in [5.74, 6) is 1.45. The average molecular weight is 375 g/mol. The minimum absolute atomic E-state index is 0.00208. The van der Waals surface area contributed by atoms with Gasteiger partial charge >= 0.3 is 5.97 Å². The number of aliphatic hydroxyl groups excluding tert-OH is 1. The maximum absolute atomic E-state index is 12.4. The number of esters is 1. The molecule has 8 atom stereocenters. The Morgan fingerprint density at radius 2 is 1.93 bits per heavy atom. The van der Waals surface area contributed by atoms with Crippen LogP contribution in [0.2, 0.25) is 0 Å². The molecule has 0 heterocycles. The first-order chi connectivity index (χ1) is 12.7. The highest BCUT2D eigenvalue weighted by Gasteiger charge is 2.63. The maximum Gasteiger partial charge on any atom is 0.302 e. The van der Waals surface area contributed by atoms with Crippen molar-refractivity contribution in [1.82, 2.24) is 0 Å². The molecular weight excluding hydrogens is 340 g/mol. The maximum atomic E-state index is 12.4. The number of aliphatic hydroxyl groups is 1. The van der Waals surface area contributed by atoms with E-state index in [1.54, 1.807) is 6.92 Å². The average Bonchev–Trinajstić information content (AvgIpc) is 2.91. The molecule has 3 fully saturated rings. The van der Waals surface area contributed by atoms with E-state index in [2.05, 4.69) is 19.9 Å². The summed E-state index contributed by atoms with van der Waals surface area (Å²) in [5, 5.41) is 10.2. The number of ether oxygens (including phenoxy) is 1. The van der Waals surface area contributed by atoms with Gasteiger partial charge in [0, 0.05) is 18.8 Å². The zero-order valence-electron chi connectivity index (χ0n) is 17.2. The molecule has 0 amide bonds. The first-order valence-electron chi connectivity index (χ1n) is 10.7. The van der Waals surface area contributed by atoms with Crippen LogP contribution in [0.5, 0.6) is 0 Å². The quantitative estimate of drug-likeness (QED) is 0.585. The van der Waals surface area contributed by atoms with Gasteiger partial charge in [-0.1, -0.05) is 25.5 Å². The fourth-order valence-electron chi connectivity index (χ4n) is 7.73. The molecule has 3 unspecified atom stereocenters. The molecule has 150 valence electrons. The fraction of sp³-hybridized carbons (Fsp3) is 0.826. The second-order valence-corrected chi connectivity index (χ2v) is 10.2. The van der Waals surface area contributed by atoms with Gasteiger partial charge in [0.05, 0.1) is 6.10 Å². The Labute approximate surface area is 162 Å². The highest BCUT2D eigenvalue weighted by Crippen LogP contribution is 2.66. The molecule has 27 heavy (non-hydrogen) atoms. The van der Waals surface area contributed by atoms with Crippen LogP contribution in [0.25, 0.3) is 0 Å². The summed E-state index contributed by atoms with van der Waals surface area (Å²) in [7, 11) is 0. The van der Waals surface area contributed by atoms with Crippen molar-refractivity contribution in [1.29, 1.82) is 0 Å². The van der Waals surface area contributed by atoms with Gasteiger partial charge in [-0.15, -0.1) is 0 Å². The molecule has 0 radical (unpaired) electrons. The van der Waals surface area contributed by atoms with Gasteiger partial charge in [0.15, 0.2) is 0 Å². The third-order valence-electron chi connectivity index (χ3n) is 8.80. The summed E-state index contributed by atoms with van der Waals surface area (Å²) in [5.41, 5.74) is 1.30. The van der Waals surface area contributed by atoms with Gasteiger partial charge in [-0.3, -0.25) is 9.59 Å². The summed E-state index contributed by atoms with van der Waals surface area (Å²) in [4.78, 5) is 24.3. The minimum atomic E-state index is -0.240. The van der Waals surface area contributed by atoms with Crippen molar-refractivity contribution in [3.8, 4) is 0 Å². The van der Waals surface area contributed by atoms with Crippen LogP contribution in [-0.4, -0.2) is 29.1 Å². The monoisotopic (exact) mass is 374 g/mol. The number of rotatable bonds is 2. The van der Waals surface area contributed by atoms with Gasteiger partial charge in [0.2, 0.25) is 0 Å². The Bertz CT molecular complexity index is 682. The van der Waals surface area contributed by atoms with Crippen molar-refractivity contribution < 1.29 is 19.4 Å². The van der Waals surface area contributed by atoms with E-state index in [1.807, 2.05) is 0 Å². The van der Waals surface area contributed by atoms with Crippen molar-refractivity contribution in [2.75, 3.05) is 0 Å². The standard InChI is InChI=1S/C23H34O4/c1-13(24)18-7-8-19-17-6-5-15-11-16(26)9-10-22(15,3)21(17)20(27-14(2)25)12-23(18,19)4/h5,16-21,26H,6-12H2,1-4H3/t16-,17-,18+,19?,20?,21?,22-,23+/m0/s1.